The first-order valence-corrected chi connectivity index (χ1v) is 7.72. The second kappa shape index (κ2) is 6.89. The number of nitrogens with one attached hydrogen (secondary N) is 1. The van der Waals surface area contributed by atoms with E-state index in [9.17, 15) is 4.79 Å². The number of halogens is 1. The number of amides is 1. The molecule has 0 saturated carbocycles. The molecule has 0 saturated heterocycles. The summed E-state index contributed by atoms with van der Waals surface area (Å²) in [6, 6.07) is 0. The fourth-order valence-electron chi connectivity index (χ4n) is 2.11. The van der Waals surface area contributed by atoms with Gasteiger partial charge in [0.2, 0.25) is 5.91 Å². The molecule has 2 heterocycles. The molecule has 0 bridgehead atoms. The van der Waals surface area contributed by atoms with E-state index < -0.39 is 0 Å². The van der Waals surface area contributed by atoms with Gasteiger partial charge < -0.3 is 5.32 Å². The maximum absolute atomic E-state index is 11.8. The van der Waals surface area contributed by atoms with Crippen LogP contribution in [0.25, 0.3) is 0 Å². The van der Waals surface area contributed by atoms with Gasteiger partial charge in [0.25, 0.3) is 0 Å². The molecule has 6 nitrogen and oxygen atoms in total. The lowest BCUT2D eigenvalue weighted by Crippen LogP contribution is -2.29. The van der Waals surface area contributed by atoms with Crippen molar-refractivity contribution >= 4 is 21.8 Å². The molecule has 0 aliphatic carbocycles. The van der Waals surface area contributed by atoms with Gasteiger partial charge in [0.1, 0.15) is 6.54 Å². The van der Waals surface area contributed by atoms with E-state index in [1.165, 1.54) is 0 Å². The summed E-state index contributed by atoms with van der Waals surface area (Å²) < 4.78 is 4.66. The molecule has 0 fully saturated rings. The molecule has 0 aliphatic rings. The number of aryl methyl sites for hydroxylation is 3. The Bertz CT molecular complexity index is 631. The van der Waals surface area contributed by atoms with Crippen LogP contribution in [-0.4, -0.2) is 32.0 Å². The van der Waals surface area contributed by atoms with Gasteiger partial charge >= 0.3 is 0 Å². The second-order valence-electron chi connectivity index (χ2n) is 5.13. The Kier molecular flexibility index (Phi) is 5.17. The molecule has 0 radical (unpaired) electrons. The first-order chi connectivity index (χ1) is 9.97. The average molecular weight is 354 g/mol. The summed E-state index contributed by atoms with van der Waals surface area (Å²) in [6.45, 7) is 7.64. The largest absolute Gasteiger partial charge is 0.354 e. The molecular formula is C14H20BrN5O. The predicted molar refractivity (Wildman–Crippen MR) is 84.0 cm³/mol. The topological polar surface area (TPSA) is 64.7 Å². The summed E-state index contributed by atoms with van der Waals surface area (Å²) in [4.78, 5) is 11.8. The van der Waals surface area contributed by atoms with Crippen molar-refractivity contribution in [2.45, 2.75) is 40.3 Å². The van der Waals surface area contributed by atoms with E-state index in [-0.39, 0.29) is 12.5 Å². The number of rotatable bonds is 6. The van der Waals surface area contributed by atoms with Crippen molar-refractivity contribution in [2.24, 2.45) is 0 Å². The van der Waals surface area contributed by atoms with Crippen molar-refractivity contribution in [3.8, 4) is 0 Å². The fraction of sp³-hybridized carbons (Fsp3) is 0.500. The third-order valence-electron chi connectivity index (χ3n) is 3.23. The molecule has 0 atom stereocenters. The van der Waals surface area contributed by atoms with Crippen molar-refractivity contribution in [2.75, 3.05) is 6.54 Å². The molecule has 2 rings (SSSR count). The Balaban J connectivity index is 1.72. The zero-order chi connectivity index (χ0) is 15.4. The number of aromatic nitrogens is 4. The lowest BCUT2D eigenvalue weighted by Gasteiger charge is -2.07. The Morgan fingerprint density at radius 3 is 2.71 bits per heavy atom. The fourth-order valence-corrected chi connectivity index (χ4v) is 2.39. The Morgan fingerprint density at radius 1 is 1.38 bits per heavy atom. The highest BCUT2D eigenvalue weighted by atomic mass is 79.9. The average Bonchev–Trinajstić information content (AvgIpc) is 2.94. The Morgan fingerprint density at radius 2 is 2.14 bits per heavy atom. The van der Waals surface area contributed by atoms with Crippen LogP contribution < -0.4 is 5.32 Å². The lowest BCUT2D eigenvalue weighted by atomic mass is 10.3. The monoisotopic (exact) mass is 353 g/mol. The minimum Gasteiger partial charge on any atom is -0.354 e. The van der Waals surface area contributed by atoms with E-state index in [0.717, 1.165) is 34.4 Å². The number of hydrogen-bond donors (Lipinski definition) is 1. The maximum Gasteiger partial charge on any atom is 0.241 e. The zero-order valence-corrected chi connectivity index (χ0v) is 14.1. The molecule has 114 valence electrons. The normalized spacial score (nSPS) is 10.9. The van der Waals surface area contributed by atoms with Crippen LogP contribution in [0.2, 0.25) is 0 Å². The molecule has 0 aromatic carbocycles. The van der Waals surface area contributed by atoms with Crippen LogP contribution in [0.15, 0.2) is 16.9 Å². The van der Waals surface area contributed by atoms with E-state index in [4.69, 9.17) is 0 Å². The number of nitrogens with zero attached hydrogens (tertiary/aromatic N) is 4. The van der Waals surface area contributed by atoms with Crippen molar-refractivity contribution in [3.63, 3.8) is 0 Å². The van der Waals surface area contributed by atoms with Crippen LogP contribution in [-0.2, 0) is 17.9 Å². The standard InChI is InChI=1S/C14H20BrN5O/c1-10-7-17-19(8-10)9-13(21)16-5-4-6-20-12(3)14(15)11(2)18-20/h7-8H,4-6,9H2,1-3H3,(H,16,21). The summed E-state index contributed by atoms with van der Waals surface area (Å²) in [5, 5.41) is 11.4. The van der Waals surface area contributed by atoms with E-state index in [1.54, 1.807) is 10.9 Å². The van der Waals surface area contributed by atoms with Crippen molar-refractivity contribution in [1.29, 1.82) is 0 Å². The van der Waals surface area contributed by atoms with Crippen molar-refractivity contribution in [3.05, 3.63) is 33.8 Å². The SMILES string of the molecule is Cc1cnn(CC(=O)NCCCn2nc(C)c(Br)c2C)c1. The lowest BCUT2D eigenvalue weighted by molar-refractivity contribution is -0.121. The maximum atomic E-state index is 11.8. The van der Waals surface area contributed by atoms with E-state index in [2.05, 4.69) is 31.4 Å². The minimum absolute atomic E-state index is 0.0207. The van der Waals surface area contributed by atoms with Gasteiger partial charge in [-0.3, -0.25) is 14.2 Å². The number of hydrogen-bond acceptors (Lipinski definition) is 3. The quantitative estimate of drug-likeness (QED) is 0.807. The summed E-state index contributed by atoms with van der Waals surface area (Å²) in [7, 11) is 0. The predicted octanol–water partition coefficient (Wildman–Crippen LogP) is 1.97. The molecule has 7 heteroatoms. The van der Waals surface area contributed by atoms with Gasteiger partial charge in [0.15, 0.2) is 0 Å². The van der Waals surface area contributed by atoms with Gasteiger partial charge in [-0.25, -0.2) is 0 Å². The minimum atomic E-state index is -0.0207. The van der Waals surface area contributed by atoms with Gasteiger partial charge in [-0.2, -0.15) is 10.2 Å². The van der Waals surface area contributed by atoms with E-state index >= 15 is 0 Å². The highest BCUT2D eigenvalue weighted by molar-refractivity contribution is 9.10. The summed E-state index contributed by atoms with van der Waals surface area (Å²) >= 11 is 3.51. The zero-order valence-electron chi connectivity index (χ0n) is 12.6. The molecule has 0 spiro atoms. The molecule has 0 unspecified atom stereocenters. The van der Waals surface area contributed by atoms with Gasteiger partial charge in [-0.05, 0) is 48.7 Å². The van der Waals surface area contributed by atoms with Crippen LogP contribution in [0.4, 0.5) is 0 Å². The molecule has 2 aromatic heterocycles. The van der Waals surface area contributed by atoms with Gasteiger partial charge in [-0.15, -0.1) is 0 Å². The van der Waals surface area contributed by atoms with Crippen LogP contribution in [0.3, 0.4) is 0 Å². The number of carbonyl (C=O) groups excluding carboxylic acids is 1. The first-order valence-electron chi connectivity index (χ1n) is 6.92. The van der Waals surface area contributed by atoms with Crippen molar-refractivity contribution < 1.29 is 4.79 Å². The van der Waals surface area contributed by atoms with Crippen LogP contribution in [0.5, 0.6) is 0 Å². The first kappa shape index (κ1) is 15.8. The molecule has 0 aliphatic heterocycles. The molecule has 2 aromatic rings. The van der Waals surface area contributed by atoms with Gasteiger partial charge in [0.05, 0.1) is 16.4 Å². The smallest absolute Gasteiger partial charge is 0.241 e. The van der Waals surface area contributed by atoms with E-state index in [1.807, 2.05) is 31.6 Å². The summed E-state index contributed by atoms with van der Waals surface area (Å²) in [6.07, 6.45) is 4.44. The Hall–Kier alpha value is -1.63. The third-order valence-corrected chi connectivity index (χ3v) is 4.38. The van der Waals surface area contributed by atoms with Crippen molar-refractivity contribution in [1.82, 2.24) is 24.9 Å². The number of carbonyl (C=O) groups is 1. The highest BCUT2D eigenvalue weighted by Crippen LogP contribution is 2.19. The summed E-state index contributed by atoms with van der Waals surface area (Å²) in [5.74, 6) is -0.0207. The van der Waals surface area contributed by atoms with Gasteiger partial charge in [-0.1, -0.05) is 0 Å². The van der Waals surface area contributed by atoms with E-state index in [0.29, 0.717) is 6.54 Å². The second-order valence-corrected chi connectivity index (χ2v) is 5.92. The third kappa shape index (κ3) is 4.17. The molecule has 1 N–H and O–H groups in total. The van der Waals surface area contributed by atoms with Crippen LogP contribution in [0, 0.1) is 20.8 Å². The van der Waals surface area contributed by atoms with Crippen LogP contribution >= 0.6 is 15.9 Å². The molecule has 1 amide bonds. The summed E-state index contributed by atoms with van der Waals surface area (Å²) in [5.41, 5.74) is 3.16. The molecular weight excluding hydrogens is 334 g/mol. The molecule has 21 heavy (non-hydrogen) atoms. The Labute approximate surface area is 132 Å². The highest BCUT2D eigenvalue weighted by Gasteiger charge is 2.08. The van der Waals surface area contributed by atoms with Crippen LogP contribution in [0.1, 0.15) is 23.4 Å². The van der Waals surface area contributed by atoms with Gasteiger partial charge in [0, 0.05) is 25.0 Å².